The number of benzene rings is 2. The summed E-state index contributed by atoms with van der Waals surface area (Å²) in [4.78, 5) is 12.8. The van der Waals surface area contributed by atoms with Crippen LogP contribution in [0, 0.1) is 12.8 Å². The minimum Gasteiger partial charge on any atom is -0.349 e. The minimum atomic E-state index is -3.57. The molecule has 2 aromatic carbocycles. The van der Waals surface area contributed by atoms with Crippen LogP contribution in [0.1, 0.15) is 42.5 Å². The Morgan fingerprint density at radius 1 is 1.17 bits per heavy atom. The summed E-state index contributed by atoms with van der Waals surface area (Å²) in [6.07, 6.45) is 1.32. The average molecular weight is 469 g/mol. The fourth-order valence-electron chi connectivity index (χ4n) is 3.61. The summed E-state index contributed by atoms with van der Waals surface area (Å²) in [7, 11) is -3.57. The molecule has 0 radical (unpaired) electrons. The maximum absolute atomic E-state index is 12.9. The van der Waals surface area contributed by atoms with E-state index in [1.54, 1.807) is 18.2 Å². The van der Waals surface area contributed by atoms with E-state index < -0.39 is 10.0 Å². The van der Waals surface area contributed by atoms with Crippen molar-refractivity contribution in [1.29, 1.82) is 0 Å². The molecule has 1 aliphatic heterocycles. The summed E-state index contributed by atoms with van der Waals surface area (Å²) in [5, 5.41) is 3.74. The molecule has 8 heteroatoms. The maximum atomic E-state index is 12.9. The molecule has 1 fully saturated rings. The van der Waals surface area contributed by atoms with Crippen LogP contribution in [0.4, 0.5) is 0 Å². The van der Waals surface area contributed by atoms with E-state index in [-0.39, 0.29) is 30.2 Å². The first kappa shape index (κ1) is 23.1. The Bertz CT molecular complexity index is 1010. The topological polar surface area (TPSA) is 66.5 Å². The molecule has 1 aliphatic rings. The lowest BCUT2D eigenvalue weighted by Gasteiger charge is -2.32. The predicted octanol–water partition coefficient (Wildman–Crippen LogP) is 4.72. The number of hydrogen-bond donors (Lipinski definition) is 1. The number of sulfonamides is 1. The molecule has 0 aliphatic carbocycles. The van der Waals surface area contributed by atoms with Gasteiger partial charge in [0, 0.05) is 13.1 Å². The normalized spacial score (nSPS) is 18.7. The summed E-state index contributed by atoms with van der Waals surface area (Å²) in [6.45, 7) is 4.56. The van der Waals surface area contributed by atoms with Crippen molar-refractivity contribution in [3.05, 3.63) is 69.2 Å². The van der Waals surface area contributed by atoms with Crippen LogP contribution in [0.3, 0.4) is 0 Å². The van der Waals surface area contributed by atoms with E-state index in [0.29, 0.717) is 35.0 Å². The fraction of sp³-hybridized carbons (Fsp3) is 0.409. The van der Waals surface area contributed by atoms with E-state index in [2.05, 4.69) is 5.32 Å². The van der Waals surface area contributed by atoms with Crippen molar-refractivity contribution >= 4 is 39.1 Å². The highest BCUT2D eigenvalue weighted by molar-refractivity contribution is 7.88. The van der Waals surface area contributed by atoms with Gasteiger partial charge >= 0.3 is 0 Å². The molecule has 1 heterocycles. The maximum Gasteiger partial charge on any atom is 0.224 e. The number of aryl methyl sites for hydroxylation is 1. The number of halogens is 2. The largest absolute Gasteiger partial charge is 0.349 e. The summed E-state index contributed by atoms with van der Waals surface area (Å²) < 4.78 is 27.2. The number of carbonyl (C=O) groups is 1. The third kappa shape index (κ3) is 5.76. The number of hydrogen-bond acceptors (Lipinski definition) is 3. The van der Waals surface area contributed by atoms with E-state index in [1.165, 1.54) is 4.31 Å². The molecule has 0 saturated carbocycles. The first-order valence-electron chi connectivity index (χ1n) is 9.94. The summed E-state index contributed by atoms with van der Waals surface area (Å²) in [6, 6.07) is 12.7. The summed E-state index contributed by atoms with van der Waals surface area (Å²) >= 11 is 11.9. The Hall–Kier alpha value is -1.60. The average Bonchev–Trinajstić information content (AvgIpc) is 2.71. The SMILES string of the molecule is Cc1ccc(C(C)NC(=O)C2CCCN(S(=O)(=O)Cc3ccc(Cl)c(Cl)c3)C2)cc1. The number of rotatable bonds is 6. The quantitative estimate of drug-likeness (QED) is 0.666. The number of amides is 1. The van der Waals surface area contributed by atoms with Crippen molar-refractivity contribution in [2.75, 3.05) is 13.1 Å². The zero-order chi connectivity index (χ0) is 21.9. The van der Waals surface area contributed by atoms with Crippen LogP contribution in [0.2, 0.25) is 10.0 Å². The minimum absolute atomic E-state index is 0.113. The van der Waals surface area contributed by atoms with Crippen LogP contribution in [0.15, 0.2) is 42.5 Å². The van der Waals surface area contributed by atoms with E-state index >= 15 is 0 Å². The number of carbonyl (C=O) groups excluding carboxylic acids is 1. The Kier molecular flexibility index (Phi) is 7.45. The van der Waals surface area contributed by atoms with Gasteiger partial charge in [-0.25, -0.2) is 12.7 Å². The third-order valence-corrected chi connectivity index (χ3v) is 7.97. The molecule has 1 amide bonds. The Morgan fingerprint density at radius 2 is 1.87 bits per heavy atom. The van der Waals surface area contributed by atoms with Crippen molar-refractivity contribution in [3.63, 3.8) is 0 Å². The van der Waals surface area contributed by atoms with Crippen molar-refractivity contribution in [1.82, 2.24) is 9.62 Å². The van der Waals surface area contributed by atoms with Gasteiger partial charge in [0.1, 0.15) is 0 Å². The second kappa shape index (κ2) is 9.69. The molecular weight excluding hydrogens is 443 g/mol. The standard InChI is InChI=1S/C22H26Cl2N2O3S/c1-15-5-8-18(9-6-15)16(2)25-22(27)19-4-3-11-26(13-19)30(28,29)14-17-7-10-20(23)21(24)12-17/h5-10,12,16,19H,3-4,11,13-14H2,1-2H3,(H,25,27). The van der Waals surface area contributed by atoms with Crippen molar-refractivity contribution in [2.24, 2.45) is 5.92 Å². The molecule has 2 unspecified atom stereocenters. The van der Waals surface area contributed by atoms with Gasteiger partial charge in [0.25, 0.3) is 0 Å². The lowest BCUT2D eigenvalue weighted by Crippen LogP contribution is -2.46. The highest BCUT2D eigenvalue weighted by Gasteiger charge is 2.33. The first-order chi connectivity index (χ1) is 14.2. The van der Waals surface area contributed by atoms with Gasteiger partial charge in [0.2, 0.25) is 15.9 Å². The second-order valence-corrected chi connectivity index (χ2v) is 10.6. The lowest BCUT2D eigenvalue weighted by molar-refractivity contribution is -0.126. The molecular formula is C22H26Cl2N2O3S. The summed E-state index contributed by atoms with van der Waals surface area (Å²) in [5.41, 5.74) is 2.75. The van der Waals surface area contributed by atoms with Crippen molar-refractivity contribution < 1.29 is 13.2 Å². The Balaban J connectivity index is 1.64. The fourth-order valence-corrected chi connectivity index (χ4v) is 5.53. The highest BCUT2D eigenvalue weighted by atomic mass is 35.5. The van der Waals surface area contributed by atoms with Gasteiger partial charge in [-0.1, -0.05) is 59.1 Å². The Labute approximate surface area is 188 Å². The Morgan fingerprint density at radius 3 is 2.53 bits per heavy atom. The number of piperidine rings is 1. The molecule has 1 N–H and O–H groups in total. The van der Waals surface area contributed by atoms with Crippen LogP contribution in [0.25, 0.3) is 0 Å². The van der Waals surface area contributed by atoms with Gasteiger partial charge < -0.3 is 5.32 Å². The lowest BCUT2D eigenvalue weighted by atomic mass is 9.97. The van der Waals surface area contributed by atoms with E-state index in [9.17, 15) is 13.2 Å². The molecule has 2 atom stereocenters. The van der Waals surface area contributed by atoms with Crippen molar-refractivity contribution in [2.45, 2.75) is 38.5 Å². The van der Waals surface area contributed by atoms with Crippen LogP contribution in [-0.4, -0.2) is 31.7 Å². The first-order valence-corrected chi connectivity index (χ1v) is 12.3. The van der Waals surface area contributed by atoms with Crippen LogP contribution in [-0.2, 0) is 20.6 Å². The molecule has 0 bridgehead atoms. The van der Waals surface area contributed by atoms with Gasteiger partial charge in [0.15, 0.2) is 0 Å². The van der Waals surface area contributed by atoms with Gasteiger partial charge in [-0.2, -0.15) is 0 Å². The van der Waals surface area contributed by atoms with Gasteiger partial charge in [-0.15, -0.1) is 0 Å². The van der Waals surface area contributed by atoms with E-state index in [4.69, 9.17) is 23.2 Å². The molecule has 0 spiro atoms. The van der Waals surface area contributed by atoms with E-state index in [0.717, 1.165) is 11.1 Å². The van der Waals surface area contributed by atoms with Crippen molar-refractivity contribution in [3.8, 4) is 0 Å². The van der Waals surface area contributed by atoms with Gasteiger partial charge in [0.05, 0.1) is 27.8 Å². The zero-order valence-corrected chi connectivity index (χ0v) is 19.4. The molecule has 2 aromatic rings. The third-order valence-electron chi connectivity index (χ3n) is 5.42. The summed E-state index contributed by atoms with van der Waals surface area (Å²) in [5.74, 6) is -0.648. The number of nitrogens with zero attached hydrogens (tertiary/aromatic N) is 1. The van der Waals surface area contributed by atoms with Gasteiger partial charge in [-0.3, -0.25) is 4.79 Å². The number of nitrogens with one attached hydrogen (secondary N) is 1. The van der Waals surface area contributed by atoms with Crippen LogP contribution in [0.5, 0.6) is 0 Å². The van der Waals surface area contributed by atoms with E-state index in [1.807, 2.05) is 38.1 Å². The van der Waals surface area contributed by atoms with Crippen LogP contribution < -0.4 is 5.32 Å². The molecule has 5 nitrogen and oxygen atoms in total. The van der Waals surface area contributed by atoms with Crippen LogP contribution >= 0.6 is 23.2 Å². The smallest absolute Gasteiger partial charge is 0.224 e. The molecule has 30 heavy (non-hydrogen) atoms. The molecule has 3 rings (SSSR count). The zero-order valence-electron chi connectivity index (χ0n) is 17.1. The monoisotopic (exact) mass is 468 g/mol. The highest BCUT2D eigenvalue weighted by Crippen LogP contribution is 2.26. The van der Waals surface area contributed by atoms with Gasteiger partial charge in [-0.05, 0) is 49.9 Å². The molecule has 162 valence electrons. The molecule has 0 aromatic heterocycles. The predicted molar refractivity (Wildman–Crippen MR) is 121 cm³/mol. The molecule has 1 saturated heterocycles. The second-order valence-electron chi connectivity index (χ2n) is 7.84.